The van der Waals surface area contributed by atoms with Gasteiger partial charge < -0.3 is 9.84 Å². The molecule has 1 aromatic carbocycles. The number of benzene rings is 1. The second-order valence-corrected chi connectivity index (χ2v) is 3.92. The zero-order valence-electron chi connectivity index (χ0n) is 9.66. The van der Waals surface area contributed by atoms with Crippen molar-refractivity contribution in [3.63, 3.8) is 0 Å². The van der Waals surface area contributed by atoms with Crippen LogP contribution in [-0.2, 0) is 5.60 Å². The van der Waals surface area contributed by atoms with Crippen molar-refractivity contribution in [1.29, 1.82) is 0 Å². The maximum Gasteiger partial charge on any atom is 0.171 e. The summed E-state index contributed by atoms with van der Waals surface area (Å²) in [6.45, 7) is 5.18. The third-order valence-corrected chi connectivity index (χ3v) is 2.60. The maximum atomic E-state index is 13.9. The molecule has 1 rings (SSSR count). The Kier molecular flexibility index (Phi) is 4.07. The quantitative estimate of drug-likeness (QED) is 0.779. The maximum absolute atomic E-state index is 13.9. The van der Waals surface area contributed by atoms with Gasteiger partial charge in [0.2, 0.25) is 0 Å². The molecule has 0 heterocycles. The number of ether oxygens (including phenoxy) is 1. The van der Waals surface area contributed by atoms with Crippen LogP contribution in [0, 0.1) is 5.82 Å². The van der Waals surface area contributed by atoms with Crippen molar-refractivity contribution in [2.24, 2.45) is 0 Å². The van der Waals surface area contributed by atoms with Crippen molar-refractivity contribution in [2.45, 2.75) is 25.4 Å². The SMILES string of the molecule is C=CCCC(C)(O)c1cccc(OC)c1F. The number of allylic oxidation sites excluding steroid dienone is 1. The Morgan fingerprint density at radius 2 is 2.25 bits per heavy atom. The molecule has 16 heavy (non-hydrogen) atoms. The van der Waals surface area contributed by atoms with Gasteiger partial charge in [-0.2, -0.15) is 0 Å². The minimum atomic E-state index is -1.20. The van der Waals surface area contributed by atoms with Gasteiger partial charge in [0.25, 0.3) is 0 Å². The van der Waals surface area contributed by atoms with Crippen LogP contribution in [0.2, 0.25) is 0 Å². The highest BCUT2D eigenvalue weighted by Crippen LogP contribution is 2.32. The van der Waals surface area contributed by atoms with Gasteiger partial charge in [-0.15, -0.1) is 6.58 Å². The number of hydrogen-bond acceptors (Lipinski definition) is 2. The third-order valence-electron chi connectivity index (χ3n) is 2.60. The predicted octanol–water partition coefficient (Wildman–Crippen LogP) is 3.01. The fourth-order valence-corrected chi connectivity index (χ4v) is 1.60. The lowest BCUT2D eigenvalue weighted by atomic mass is 9.90. The Labute approximate surface area is 95.4 Å². The van der Waals surface area contributed by atoms with Crippen LogP contribution in [0.4, 0.5) is 4.39 Å². The Balaban J connectivity index is 3.06. The third kappa shape index (κ3) is 2.61. The molecule has 0 aliphatic heterocycles. The summed E-state index contributed by atoms with van der Waals surface area (Å²) >= 11 is 0. The van der Waals surface area contributed by atoms with Crippen LogP contribution in [0.3, 0.4) is 0 Å². The van der Waals surface area contributed by atoms with Crippen molar-refractivity contribution in [3.8, 4) is 5.75 Å². The first-order valence-electron chi connectivity index (χ1n) is 5.19. The molecule has 1 atom stereocenters. The lowest BCUT2D eigenvalue weighted by Gasteiger charge is -2.24. The van der Waals surface area contributed by atoms with Gasteiger partial charge in [-0.3, -0.25) is 0 Å². The zero-order valence-corrected chi connectivity index (χ0v) is 9.66. The van der Waals surface area contributed by atoms with E-state index in [9.17, 15) is 9.50 Å². The van der Waals surface area contributed by atoms with E-state index in [1.165, 1.54) is 13.2 Å². The zero-order chi connectivity index (χ0) is 12.2. The lowest BCUT2D eigenvalue weighted by Crippen LogP contribution is -2.22. The van der Waals surface area contributed by atoms with Crippen molar-refractivity contribution in [3.05, 3.63) is 42.2 Å². The van der Waals surface area contributed by atoms with E-state index in [0.717, 1.165) is 0 Å². The van der Waals surface area contributed by atoms with E-state index >= 15 is 0 Å². The molecular weight excluding hydrogens is 207 g/mol. The molecule has 88 valence electrons. The normalized spacial score (nSPS) is 14.2. The monoisotopic (exact) mass is 224 g/mol. The van der Waals surface area contributed by atoms with Crippen molar-refractivity contribution in [1.82, 2.24) is 0 Å². The lowest BCUT2D eigenvalue weighted by molar-refractivity contribution is 0.0446. The highest BCUT2D eigenvalue weighted by molar-refractivity contribution is 5.34. The second kappa shape index (κ2) is 5.12. The van der Waals surface area contributed by atoms with Gasteiger partial charge >= 0.3 is 0 Å². The van der Waals surface area contributed by atoms with E-state index < -0.39 is 11.4 Å². The number of rotatable bonds is 5. The molecule has 0 aliphatic rings. The van der Waals surface area contributed by atoms with Crippen LogP contribution in [-0.4, -0.2) is 12.2 Å². The van der Waals surface area contributed by atoms with Crippen LogP contribution >= 0.6 is 0 Å². The molecular formula is C13H17FO2. The van der Waals surface area contributed by atoms with E-state index in [2.05, 4.69) is 6.58 Å². The van der Waals surface area contributed by atoms with E-state index in [0.29, 0.717) is 12.8 Å². The van der Waals surface area contributed by atoms with Crippen molar-refractivity contribution >= 4 is 0 Å². The van der Waals surface area contributed by atoms with Gasteiger partial charge in [-0.05, 0) is 25.8 Å². The first-order valence-corrected chi connectivity index (χ1v) is 5.19. The van der Waals surface area contributed by atoms with Gasteiger partial charge in [0.05, 0.1) is 12.7 Å². The molecule has 0 fully saturated rings. The number of halogens is 1. The molecule has 0 aromatic heterocycles. The molecule has 1 unspecified atom stereocenters. The molecule has 0 amide bonds. The Morgan fingerprint density at radius 3 is 2.81 bits per heavy atom. The Morgan fingerprint density at radius 1 is 1.56 bits per heavy atom. The average Bonchev–Trinajstić information content (AvgIpc) is 2.26. The smallest absolute Gasteiger partial charge is 0.171 e. The summed E-state index contributed by atoms with van der Waals surface area (Å²) in [4.78, 5) is 0. The molecule has 0 radical (unpaired) electrons. The summed E-state index contributed by atoms with van der Waals surface area (Å²) in [6.07, 6.45) is 2.76. The molecule has 0 aliphatic carbocycles. The summed E-state index contributed by atoms with van der Waals surface area (Å²) < 4.78 is 18.8. The number of aliphatic hydroxyl groups is 1. The summed E-state index contributed by atoms with van der Waals surface area (Å²) in [7, 11) is 1.40. The van der Waals surface area contributed by atoms with Gasteiger partial charge in [0.15, 0.2) is 11.6 Å². The summed E-state index contributed by atoms with van der Waals surface area (Å²) in [5.41, 5.74) is -0.944. The summed E-state index contributed by atoms with van der Waals surface area (Å²) in [5.74, 6) is -0.351. The Bertz CT molecular complexity index is 372. The van der Waals surface area contributed by atoms with Crippen molar-refractivity contribution < 1.29 is 14.2 Å². The topological polar surface area (TPSA) is 29.5 Å². The predicted molar refractivity (Wildman–Crippen MR) is 62.0 cm³/mol. The van der Waals surface area contributed by atoms with E-state index in [1.807, 2.05) is 0 Å². The van der Waals surface area contributed by atoms with Crippen LogP contribution < -0.4 is 4.74 Å². The standard InChI is InChI=1S/C13H17FO2/c1-4-5-9-13(2,15)10-7-6-8-11(16-3)12(10)14/h4,6-8,15H,1,5,9H2,2-3H3. The van der Waals surface area contributed by atoms with Crippen LogP contribution in [0.1, 0.15) is 25.3 Å². The Hall–Kier alpha value is -1.35. The van der Waals surface area contributed by atoms with Crippen LogP contribution in [0.15, 0.2) is 30.9 Å². The van der Waals surface area contributed by atoms with Crippen molar-refractivity contribution in [2.75, 3.05) is 7.11 Å². The van der Waals surface area contributed by atoms with E-state index in [4.69, 9.17) is 4.74 Å². The van der Waals surface area contributed by atoms with Gasteiger partial charge in [0.1, 0.15) is 0 Å². The largest absolute Gasteiger partial charge is 0.494 e. The number of hydrogen-bond donors (Lipinski definition) is 1. The highest BCUT2D eigenvalue weighted by Gasteiger charge is 2.27. The van der Waals surface area contributed by atoms with Gasteiger partial charge in [-0.25, -0.2) is 4.39 Å². The first-order chi connectivity index (χ1) is 7.53. The minimum absolute atomic E-state index is 0.149. The molecule has 3 heteroatoms. The molecule has 1 aromatic rings. The van der Waals surface area contributed by atoms with Crippen LogP contribution in [0.5, 0.6) is 5.75 Å². The molecule has 1 N–H and O–H groups in total. The molecule has 0 saturated heterocycles. The average molecular weight is 224 g/mol. The molecule has 2 nitrogen and oxygen atoms in total. The van der Waals surface area contributed by atoms with Crippen LogP contribution in [0.25, 0.3) is 0 Å². The fraction of sp³-hybridized carbons (Fsp3) is 0.385. The summed E-state index contributed by atoms with van der Waals surface area (Å²) in [5, 5.41) is 10.2. The van der Waals surface area contributed by atoms with Gasteiger partial charge in [0, 0.05) is 5.56 Å². The fourth-order valence-electron chi connectivity index (χ4n) is 1.60. The molecule has 0 saturated carbocycles. The number of methoxy groups -OCH3 is 1. The van der Waals surface area contributed by atoms with Gasteiger partial charge in [-0.1, -0.05) is 18.2 Å². The molecule has 0 spiro atoms. The minimum Gasteiger partial charge on any atom is -0.494 e. The second-order valence-electron chi connectivity index (χ2n) is 3.92. The highest BCUT2D eigenvalue weighted by atomic mass is 19.1. The van der Waals surface area contributed by atoms with E-state index in [1.54, 1.807) is 25.1 Å². The summed E-state index contributed by atoms with van der Waals surface area (Å²) in [6, 6.07) is 4.77. The van der Waals surface area contributed by atoms with E-state index in [-0.39, 0.29) is 11.3 Å². The molecule has 0 bridgehead atoms. The first kappa shape index (κ1) is 12.7.